The lowest BCUT2D eigenvalue weighted by Gasteiger charge is -2.26. The Morgan fingerprint density at radius 2 is 1.96 bits per heavy atom. The number of halogens is 1. The summed E-state index contributed by atoms with van der Waals surface area (Å²) >= 11 is 1.79. The molecule has 1 fully saturated rings. The first-order valence-electron chi connectivity index (χ1n) is 8.64. The molecule has 5 nitrogen and oxygen atoms in total. The molecule has 1 heterocycles. The first kappa shape index (κ1) is 21.6. The van der Waals surface area contributed by atoms with E-state index in [2.05, 4.69) is 53.2 Å². The number of nitrogens with one attached hydrogen (secondary N) is 2. The molecule has 0 aromatic carbocycles. The fourth-order valence-corrected chi connectivity index (χ4v) is 3.66. The van der Waals surface area contributed by atoms with Gasteiger partial charge in [-0.2, -0.15) is 0 Å². The monoisotopic (exact) mass is 465 g/mol. The van der Waals surface area contributed by atoms with Gasteiger partial charge in [0.1, 0.15) is 0 Å². The first-order valence-corrected chi connectivity index (χ1v) is 9.46. The highest BCUT2D eigenvalue weighted by Gasteiger charge is 2.30. The van der Waals surface area contributed by atoms with E-state index in [0.717, 1.165) is 43.8 Å². The smallest absolute Gasteiger partial charge is 0.191 e. The van der Waals surface area contributed by atoms with Gasteiger partial charge in [0.15, 0.2) is 5.96 Å². The Hall–Kier alpha value is -0.410. The molecular weight excluding hydrogens is 433 g/mol. The van der Waals surface area contributed by atoms with Crippen molar-refractivity contribution < 1.29 is 0 Å². The van der Waals surface area contributed by atoms with Gasteiger partial charge in [-0.25, -0.2) is 4.98 Å². The quantitative estimate of drug-likeness (QED) is 0.352. The molecule has 0 aliphatic heterocycles. The fraction of sp³-hybridized carbons (Fsp3) is 0.765. The van der Waals surface area contributed by atoms with Crippen LogP contribution in [0.25, 0.3) is 0 Å². The van der Waals surface area contributed by atoms with Crippen molar-refractivity contribution in [2.24, 2.45) is 4.99 Å². The number of hydrogen-bond acceptors (Lipinski definition) is 4. The normalized spacial score (nSPS) is 14.9. The van der Waals surface area contributed by atoms with E-state index in [1.807, 2.05) is 7.05 Å². The van der Waals surface area contributed by atoms with Gasteiger partial charge in [0.25, 0.3) is 0 Å². The second-order valence-corrected chi connectivity index (χ2v) is 7.78. The minimum absolute atomic E-state index is 0. The third kappa shape index (κ3) is 6.84. The molecule has 1 saturated carbocycles. The van der Waals surface area contributed by atoms with Gasteiger partial charge in [-0.15, -0.1) is 35.3 Å². The highest BCUT2D eigenvalue weighted by molar-refractivity contribution is 14.0. The van der Waals surface area contributed by atoms with E-state index < -0.39 is 0 Å². The van der Waals surface area contributed by atoms with Gasteiger partial charge in [-0.1, -0.05) is 0 Å². The molecule has 24 heavy (non-hydrogen) atoms. The largest absolute Gasteiger partial charge is 0.356 e. The molecule has 1 aromatic rings. The van der Waals surface area contributed by atoms with Crippen molar-refractivity contribution in [3.63, 3.8) is 0 Å². The standard InChI is InChI=1S/C17H31N5S.HI/c1-12(2)22(15-6-7-15)11-10-20-17(18-5)19-9-8-16-21-13(3)14(4)23-16;/h12,15H,6-11H2,1-5H3,(H2,18,19,20);1H. The van der Waals surface area contributed by atoms with E-state index in [1.54, 1.807) is 11.3 Å². The van der Waals surface area contributed by atoms with E-state index in [0.29, 0.717) is 6.04 Å². The lowest BCUT2D eigenvalue weighted by molar-refractivity contribution is 0.215. The molecule has 0 bridgehead atoms. The number of hydrogen-bond donors (Lipinski definition) is 2. The maximum absolute atomic E-state index is 4.58. The number of aromatic nitrogens is 1. The van der Waals surface area contributed by atoms with Gasteiger partial charge >= 0.3 is 0 Å². The van der Waals surface area contributed by atoms with Gasteiger partial charge in [0.2, 0.25) is 0 Å². The second-order valence-electron chi connectivity index (χ2n) is 6.49. The summed E-state index contributed by atoms with van der Waals surface area (Å²) in [5, 5.41) is 8.00. The van der Waals surface area contributed by atoms with Crippen molar-refractivity contribution in [2.75, 3.05) is 26.7 Å². The van der Waals surface area contributed by atoms with Crippen LogP contribution in [0.3, 0.4) is 0 Å². The molecule has 2 N–H and O–H groups in total. The van der Waals surface area contributed by atoms with E-state index in [1.165, 1.54) is 22.7 Å². The summed E-state index contributed by atoms with van der Waals surface area (Å²) in [7, 11) is 1.83. The third-order valence-corrected chi connectivity index (χ3v) is 5.40. The van der Waals surface area contributed by atoms with E-state index >= 15 is 0 Å². The molecule has 0 unspecified atom stereocenters. The number of nitrogens with zero attached hydrogens (tertiary/aromatic N) is 3. The van der Waals surface area contributed by atoms with Crippen LogP contribution in [0.2, 0.25) is 0 Å². The zero-order valence-electron chi connectivity index (χ0n) is 15.6. The highest BCUT2D eigenvalue weighted by Crippen LogP contribution is 2.27. The Labute approximate surface area is 167 Å². The average Bonchev–Trinajstić information content (AvgIpc) is 3.28. The molecule has 0 atom stereocenters. The van der Waals surface area contributed by atoms with Gasteiger partial charge < -0.3 is 10.6 Å². The van der Waals surface area contributed by atoms with Crippen molar-refractivity contribution in [1.82, 2.24) is 20.5 Å². The fourth-order valence-electron chi connectivity index (χ4n) is 2.73. The number of aryl methyl sites for hydroxylation is 2. The average molecular weight is 465 g/mol. The summed E-state index contributed by atoms with van der Waals surface area (Å²) in [6.07, 6.45) is 3.66. The van der Waals surface area contributed by atoms with Crippen LogP contribution in [-0.2, 0) is 6.42 Å². The topological polar surface area (TPSA) is 52.6 Å². The number of aliphatic imine (C=N–C) groups is 1. The van der Waals surface area contributed by atoms with Gasteiger partial charge in [-0.05, 0) is 40.5 Å². The third-order valence-electron chi connectivity index (χ3n) is 4.27. The van der Waals surface area contributed by atoms with Gasteiger partial charge in [0.05, 0.1) is 10.7 Å². The van der Waals surface area contributed by atoms with Gasteiger partial charge in [-0.3, -0.25) is 9.89 Å². The number of rotatable bonds is 8. The predicted octanol–water partition coefficient (Wildman–Crippen LogP) is 2.96. The molecule has 1 aromatic heterocycles. The number of guanidine groups is 1. The van der Waals surface area contributed by atoms with Crippen LogP contribution in [0.15, 0.2) is 4.99 Å². The predicted molar refractivity (Wildman–Crippen MR) is 115 cm³/mol. The Kier molecular flexibility index (Phi) is 9.51. The van der Waals surface area contributed by atoms with Gasteiger partial charge in [0, 0.05) is 50.1 Å². The van der Waals surface area contributed by atoms with Crippen molar-refractivity contribution in [1.29, 1.82) is 0 Å². The molecule has 0 amide bonds. The van der Waals surface area contributed by atoms with E-state index in [9.17, 15) is 0 Å². The maximum atomic E-state index is 4.58. The second kappa shape index (κ2) is 10.6. The van der Waals surface area contributed by atoms with Crippen LogP contribution in [0.5, 0.6) is 0 Å². The zero-order chi connectivity index (χ0) is 16.8. The minimum Gasteiger partial charge on any atom is -0.356 e. The summed E-state index contributed by atoms with van der Waals surface area (Å²) < 4.78 is 0. The molecule has 0 saturated heterocycles. The Morgan fingerprint density at radius 1 is 1.29 bits per heavy atom. The van der Waals surface area contributed by atoms with E-state index in [-0.39, 0.29) is 24.0 Å². The lowest BCUT2D eigenvalue weighted by atomic mass is 10.3. The molecule has 0 radical (unpaired) electrons. The molecule has 1 aliphatic carbocycles. The highest BCUT2D eigenvalue weighted by atomic mass is 127. The van der Waals surface area contributed by atoms with Crippen LogP contribution in [0.1, 0.15) is 42.3 Å². The molecule has 1 aliphatic rings. The zero-order valence-corrected chi connectivity index (χ0v) is 18.7. The Morgan fingerprint density at radius 3 is 2.46 bits per heavy atom. The van der Waals surface area contributed by atoms with Crippen molar-refractivity contribution in [3.05, 3.63) is 15.6 Å². The molecule has 138 valence electrons. The molecular formula is C17H32IN5S. The maximum Gasteiger partial charge on any atom is 0.191 e. The SMILES string of the molecule is CN=C(NCCc1nc(C)c(C)s1)NCCN(C(C)C)C1CC1.I. The number of thiazole rings is 1. The van der Waals surface area contributed by atoms with Crippen LogP contribution < -0.4 is 10.6 Å². The minimum atomic E-state index is 0. The first-order chi connectivity index (χ1) is 11.0. The van der Waals surface area contributed by atoms with Crippen LogP contribution in [-0.4, -0.2) is 54.6 Å². The summed E-state index contributed by atoms with van der Waals surface area (Å²) in [6.45, 7) is 11.6. The Balaban J connectivity index is 0.00000288. The summed E-state index contributed by atoms with van der Waals surface area (Å²) in [6, 6.07) is 1.43. The summed E-state index contributed by atoms with van der Waals surface area (Å²) in [4.78, 5) is 12.8. The van der Waals surface area contributed by atoms with Crippen LogP contribution >= 0.6 is 35.3 Å². The van der Waals surface area contributed by atoms with Crippen molar-refractivity contribution in [3.8, 4) is 0 Å². The molecule has 7 heteroatoms. The Bertz CT molecular complexity index is 504. The van der Waals surface area contributed by atoms with Crippen molar-refractivity contribution >= 4 is 41.3 Å². The summed E-state index contributed by atoms with van der Waals surface area (Å²) in [5.41, 5.74) is 1.15. The lowest BCUT2D eigenvalue weighted by Crippen LogP contribution is -2.44. The molecule has 0 spiro atoms. The summed E-state index contributed by atoms with van der Waals surface area (Å²) in [5.74, 6) is 0.884. The van der Waals surface area contributed by atoms with Crippen molar-refractivity contribution in [2.45, 2.75) is 59.0 Å². The van der Waals surface area contributed by atoms with Crippen LogP contribution in [0.4, 0.5) is 0 Å². The van der Waals surface area contributed by atoms with E-state index in [4.69, 9.17) is 0 Å². The molecule has 2 rings (SSSR count). The van der Waals surface area contributed by atoms with Crippen LogP contribution in [0, 0.1) is 13.8 Å².